The Morgan fingerprint density at radius 2 is 2.29 bits per heavy atom. The predicted molar refractivity (Wildman–Crippen MR) is 80.8 cm³/mol. The topological polar surface area (TPSA) is 89.3 Å². The first-order valence-corrected chi connectivity index (χ1v) is 7.00. The van der Waals surface area contributed by atoms with Crippen molar-refractivity contribution in [1.82, 2.24) is 10.3 Å². The largest absolute Gasteiger partial charge is 0.381 e. The fourth-order valence-electron chi connectivity index (χ4n) is 2.51. The van der Waals surface area contributed by atoms with E-state index >= 15 is 0 Å². The van der Waals surface area contributed by atoms with Crippen molar-refractivity contribution in [2.75, 3.05) is 25.2 Å². The molecule has 1 atom stereocenters. The number of carbonyl (C=O) groups excluding carboxylic acids is 1. The highest BCUT2D eigenvalue weighted by molar-refractivity contribution is 6.06. The maximum atomic E-state index is 12.4. The SMILES string of the molecule is NNc1cc(C(=O)NCC2CCOC2)c2ccccc2n1. The summed E-state index contributed by atoms with van der Waals surface area (Å²) in [4.78, 5) is 16.8. The number of nitrogens with two attached hydrogens (primary N) is 1. The third kappa shape index (κ3) is 2.96. The van der Waals surface area contributed by atoms with E-state index in [0.29, 0.717) is 30.5 Å². The minimum Gasteiger partial charge on any atom is -0.381 e. The average molecular weight is 286 g/mol. The van der Waals surface area contributed by atoms with Crippen molar-refractivity contribution in [3.63, 3.8) is 0 Å². The molecule has 1 saturated heterocycles. The first-order valence-electron chi connectivity index (χ1n) is 7.00. The maximum Gasteiger partial charge on any atom is 0.252 e. The van der Waals surface area contributed by atoms with Crippen LogP contribution in [0.25, 0.3) is 10.9 Å². The summed E-state index contributed by atoms with van der Waals surface area (Å²) in [5, 5.41) is 3.79. The van der Waals surface area contributed by atoms with Crippen LogP contribution in [-0.4, -0.2) is 30.6 Å². The Kier molecular flexibility index (Phi) is 3.98. The molecule has 2 heterocycles. The molecular weight excluding hydrogens is 268 g/mol. The molecule has 1 fully saturated rings. The van der Waals surface area contributed by atoms with Gasteiger partial charge in [0.1, 0.15) is 5.82 Å². The normalized spacial score (nSPS) is 17.9. The minimum atomic E-state index is -0.114. The first kappa shape index (κ1) is 13.8. The van der Waals surface area contributed by atoms with Crippen LogP contribution in [-0.2, 0) is 4.74 Å². The number of nitrogens with one attached hydrogen (secondary N) is 2. The molecule has 1 aliphatic rings. The summed E-state index contributed by atoms with van der Waals surface area (Å²) in [6, 6.07) is 9.19. The van der Waals surface area contributed by atoms with Gasteiger partial charge in [0.25, 0.3) is 5.91 Å². The fourth-order valence-corrected chi connectivity index (χ4v) is 2.51. The van der Waals surface area contributed by atoms with E-state index in [-0.39, 0.29) is 5.91 Å². The molecule has 1 aromatic carbocycles. The van der Waals surface area contributed by atoms with Crippen LogP contribution in [0.5, 0.6) is 0 Å². The Morgan fingerprint density at radius 1 is 1.43 bits per heavy atom. The lowest BCUT2D eigenvalue weighted by Crippen LogP contribution is -2.29. The minimum absolute atomic E-state index is 0.114. The number of nitrogen functional groups attached to an aromatic ring is 1. The van der Waals surface area contributed by atoms with Crippen LogP contribution in [0.1, 0.15) is 16.8 Å². The van der Waals surface area contributed by atoms with E-state index in [4.69, 9.17) is 10.6 Å². The number of amides is 1. The molecule has 0 aliphatic carbocycles. The molecule has 21 heavy (non-hydrogen) atoms. The number of anilines is 1. The van der Waals surface area contributed by atoms with Crippen LogP contribution < -0.4 is 16.6 Å². The highest BCUT2D eigenvalue weighted by Crippen LogP contribution is 2.20. The van der Waals surface area contributed by atoms with E-state index in [1.807, 2.05) is 24.3 Å². The summed E-state index contributed by atoms with van der Waals surface area (Å²) in [6.45, 7) is 2.12. The van der Waals surface area contributed by atoms with Gasteiger partial charge in [0.05, 0.1) is 17.7 Å². The van der Waals surface area contributed by atoms with Crippen LogP contribution in [0.2, 0.25) is 0 Å². The summed E-state index contributed by atoms with van der Waals surface area (Å²) in [5.74, 6) is 6.18. The van der Waals surface area contributed by atoms with Gasteiger partial charge in [-0.25, -0.2) is 10.8 Å². The number of hydrazine groups is 1. The number of hydrogen-bond donors (Lipinski definition) is 3. The molecule has 1 unspecified atom stereocenters. The van der Waals surface area contributed by atoms with Crippen molar-refractivity contribution in [2.24, 2.45) is 11.8 Å². The van der Waals surface area contributed by atoms with Gasteiger partial charge in [-0.3, -0.25) is 4.79 Å². The summed E-state index contributed by atoms with van der Waals surface area (Å²) in [7, 11) is 0. The van der Waals surface area contributed by atoms with E-state index < -0.39 is 0 Å². The predicted octanol–water partition coefficient (Wildman–Crippen LogP) is 1.29. The Labute approximate surface area is 122 Å². The van der Waals surface area contributed by atoms with Gasteiger partial charge in [0, 0.05) is 24.5 Å². The smallest absolute Gasteiger partial charge is 0.252 e. The Bertz CT molecular complexity index is 653. The zero-order valence-electron chi connectivity index (χ0n) is 11.6. The summed E-state index contributed by atoms with van der Waals surface area (Å²) < 4.78 is 5.31. The number of nitrogens with zero attached hydrogens (tertiary/aromatic N) is 1. The second kappa shape index (κ2) is 6.07. The lowest BCUT2D eigenvalue weighted by Gasteiger charge is -2.12. The number of carbonyl (C=O) groups is 1. The van der Waals surface area contributed by atoms with E-state index in [0.717, 1.165) is 23.9 Å². The van der Waals surface area contributed by atoms with Crippen molar-refractivity contribution in [1.29, 1.82) is 0 Å². The number of ether oxygens (including phenoxy) is 1. The lowest BCUT2D eigenvalue weighted by molar-refractivity contribution is 0.0946. The van der Waals surface area contributed by atoms with Gasteiger partial charge in [-0.2, -0.15) is 0 Å². The van der Waals surface area contributed by atoms with Crippen molar-refractivity contribution in [2.45, 2.75) is 6.42 Å². The molecular formula is C15H18N4O2. The number of benzene rings is 1. The van der Waals surface area contributed by atoms with Gasteiger partial charge < -0.3 is 15.5 Å². The number of pyridine rings is 1. The summed E-state index contributed by atoms with van der Waals surface area (Å²) in [5.41, 5.74) is 3.82. The van der Waals surface area contributed by atoms with Crippen LogP contribution in [0, 0.1) is 5.92 Å². The molecule has 6 heteroatoms. The molecule has 1 amide bonds. The molecule has 4 N–H and O–H groups in total. The standard InChI is InChI=1S/C15H18N4O2/c16-19-14-7-12(11-3-1-2-4-13(11)18-14)15(20)17-8-10-5-6-21-9-10/h1-4,7,10H,5-6,8-9,16H2,(H,17,20)(H,18,19). The molecule has 0 spiro atoms. The Hall–Kier alpha value is -2.18. The Morgan fingerprint density at radius 3 is 3.05 bits per heavy atom. The number of fused-ring (bicyclic) bond motifs is 1. The van der Waals surface area contributed by atoms with E-state index in [1.54, 1.807) is 6.07 Å². The lowest BCUT2D eigenvalue weighted by atomic mass is 10.1. The van der Waals surface area contributed by atoms with Gasteiger partial charge in [0.2, 0.25) is 0 Å². The van der Waals surface area contributed by atoms with Crippen molar-refractivity contribution < 1.29 is 9.53 Å². The van der Waals surface area contributed by atoms with Crippen molar-refractivity contribution in [3.05, 3.63) is 35.9 Å². The van der Waals surface area contributed by atoms with E-state index in [9.17, 15) is 4.79 Å². The fraction of sp³-hybridized carbons (Fsp3) is 0.333. The third-order valence-electron chi connectivity index (χ3n) is 3.68. The van der Waals surface area contributed by atoms with Crippen LogP contribution in [0.15, 0.2) is 30.3 Å². The van der Waals surface area contributed by atoms with Crippen LogP contribution >= 0.6 is 0 Å². The van der Waals surface area contributed by atoms with Gasteiger partial charge in [-0.1, -0.05) is 18.2 Å². The number of aromatic nitrogens is 1. The van der Waals surface area contributed by atoms with Gasteiger partial charge in [0.15, 0.2) is 0 Å². The molecule has 0 bridgehead atoms. The molecule has 1 aromatic heterocycles. The molecule has 6 nitrogen and oxygen atoms in total. The zero-order chi connectivity index (χ0) is 14.7. The molecule has 0 radical (unpaired) electrons. The van der Waals surface area contributed by atoms with E-state index in [1.165, 1.54) is 0 Å². The van der Waals surface area contributed by atoms with Crippen molar-refractivity contribution in [3.8, 4) is 0 Å². The monoisotopic (exact) mass is 286 g/mol. The highest BCUT2D eigenvalue weighted by Gasteiger charge is 2.18. The van der Waals surface area contributed by atoms with E-state index in [2.05, 4.69) is 15.7 Å². The van der Waals surface area contributed by atoms with Crippen LogP contribution in [0.4, 0.5) is 5.82 Å². The van der Waals surface area contributed by atoms with Gasteiger partial charge in [-0.05, 0) is 18.6 Å². The van der Waals surface area contributed by atoms with Gasteiger partial charge >= 0.3 is 0 Å². The third-order valence-corrected chi connectivity index (χ3v) is 3.68. The highest BCUT2D eigenvalue weighted by atomic mass is 16.5. The van der Waals surface area contributed by atoms with Crippen LogP contribution in [0.3, 0.4) is 0 Å². The second-order valence-corrected chi connectivity index (χ2v) is 5.16. The Balaban J connectivity index is 1.85. The second-order valence-electron chi connectivity index (χ2n) is 5.16. The molecule has 3 rings (SSSR count). The summed E-state index contributed by atoms with van der Waals surface area (Å²) in [6.07, 6.45) is 0.993. The maximum absolute atomic E-state index is 12.4. The summed E-state index contributed by atoms with van der Waals surface area (Å²) >= 11 is 0. The number of rotatable bonds is 4. The van der Waals surface area contributed by atoms with Crippen molar-refractivity contribution >= 4 is 22.6 Å². The molecule has 2 aromatic rings. The quantitative estimate of drug-likeness (QED) is 0.582. The number of hydrogen-bond acceptors (Lipinski definition) is 5. The first-order chi connectivity index (χ1) is 10.3. The number of para-hydroxylation sites is 1. The molecule has 1 aliphatic heterocycles. The zero-order valence-corrected chi connectivity index (χ0v) is 11.6. The van der Waals surface area contributed by atoms with Gasteiger partial charge in [-0.15, -0.1) is 0 Å². The molecule has 0 saturated carbocycles. The average Bonchev–Trinajstić information content (AvgIpc) is 3.05. The molecule has 110 valence electrons.